The van der Waals surface area contributed by atoms with Gasteiger partial charge in [-0.05, 0) is 37.8 Å². The lowest BCUT2D eigenvalue weighted by molar-refractivity contribution is 0.574. The lowest BCUT2D eigenvalue weighted by Crippen LogP contribution is -2.08. The lowest BCUT2D eigenvalue weighted by atomic mass is 10.1. The number of hydrogen-bond acceptors (Lipinski definition) is 2. The monoisotopic (exact) mass is 142 g/mol. The molecule has 0 amide bonds. The third kappa shape index (κ3) is 1.96. The molecule has 0 bridgehead atoms. The molecule has 1 heterocycles. The summed E-state index contributed by atoms with van der Waals surface area (Å²) in [6, 6.07) is 0. The Morgan fingerprint density at radius 3 is 2.20 bits per heavy atom. The highest BCUT2D eigenvalue weighted by molar-refractivity contribution is 4.98. The summed E-state index contributed by atoms with van der Waals surface area (Å²) in [4.78, 5) is 0. The fourth-order valence-corrected chi connectivity index (χ4v) is 1.40. The Labute approximate surface area is 63.2 Å². The van der Waals surface area contributed by atoms with Crippen LogP contribution in [-0.2, 0) is 0 Å². The minimum absolute atomic E-state index is 0.750. The van der Waals surface area contributed by atoms with Gasteiger partial charge in [0, 0.05) is 6.54 Å². The summed E-state index contributed by atoms with van der Waals surface area (Å²) in [7, 11) is 0. The molecule has 2 heteroatoms. The zero-order valence-electron chi connectivity index (χ0n) is 6.82. The molecule has 10 heavy (non-hydrogen) atoms. The van der Waals surface area contributed by atoms with Crippen molar-refractivity contribution in [3.63, 3.8) is 0 Å². The van der Waals surface area contributed by atoms with Crippen molar-refractivity contribution < 1.29 is 0 Å². The second-order valence-electron chi connectivity index (χ2n) is 3.34. The highest BCUT2D eigenvalue weighted by Crippen LogP contribution is 2.49. The van der Waals surface area contributed by atoms with E-state index in [1.54, 1.807) is 0 Å². The average Bonchev–Trinajstić information content (AvgIpc) is 2.42. The van der Waals surface area contributed by atoms with Crippen LogP contribution in [0.1, 0.15) is 26.2 Å². The summed E-state index contributed by atoms with van der Waals surface area (Å²) in [5.74, 6) is 0. The third-order valence-electron chi connectivity index (χ3n) is 2.29. The SMILES string of the molecule is C1CC2(CC2)CN1.CCN. The van der Waals surface area contributed by atoms with Gasteiger partial charge < -0.3 is 11.1 Å². The number of rotatable bonds is 0. The number of nitrogens with one attached hydrogen (secondary N) is 1. The zero-order chi connectivity index (χ0) is 7.45. The van der Waals surface area contributed by atoms with Crippen LogP contribution in [-0.4, -0.2) is 19.6 Å². The van der Waals surface area contributed by atoms with Crippen LogP contribution in [0.4, 0.5) is 0 Å². The van der Waals surface area contributed by atoms with E-state index < -0.39 is 0 Å². The van der Waals surface area contributed by atoms with Gasteiger partial charge >= 0.3 is 0 Å². The standard InChI is InChI=1S/C6H11N.C2H7N/c1-2-6(1)3-4-7-5-6;1-2-3/h7H,1-5H2;2-3H2,1H3. The van der Waals surface area contributed by atoms with Crippen molar-refractivity contribution in [2.75, 3.05) is 19.6 Å². The van der Waals surface area contributed by atoms with Gasteiger partial charge in [-0.1, -0.05) is 6.92 Å². The van der Waals surface area contributed by atoms with Crippen molar-refractivity contribution >= 4 is 0 Å². The van der Waals surface area contributed by atoms with E-state index in [1.807, 2.05) is 6.92 Å². The predicted molar refractivity (Wildman–Crippen MR) is 43.9 cm³/mol. The maximum Gasteiger partial charge on any atom is 0.000829 e. The Hall–Kier alpha value is -0.0800. The average molecular weight is 142 g/mol. The molecule has 0 unspecified atom stereocenters. The number of hydrogen-bond donors (Lipinski definition) is 2. The molecular weight excluding hydrogens is 124 g/mol. The van der Waals surface area contributed by atoms with Crippen molar-refractivity contribution in [2.24, 2.45) is 11.1 Å². The second-order valence-corrected chi connectivity index (χ2v) is 3.34. The van der Waals surface area contributed by atoms with Gasteiger partial charge in [-0.25, -0.2) is 0 Å². The molecule has 1 aliphatic heterocycles. The van der Waals surface area contributed by atoms with Crippen LogP contribution in [0.2, 0.25) is 0 Å². The summed E-state index contributed by atoms with van der Waals surface area (Å²) in [6.07, 6.45) is 4.45. The molecule has 2 nitrogen and oxygen atoms in total. The van der Waals surface area contributed by atoms with Crippen LogP contribution >= 0.6 is 0 Å². The summed E-state index contributed by atoms with van der Waals surface area (Å²) >= 11 is 0. The molecule has 1 spiro atoms. The molecule has 0 aromatic heterocycles. The Morgan fingerprint density at radius 1 is 1.40 bits per heavy atom. The van der Waals surface area contributed by atoms with Gasteiger partial charge in [0.05, 0.1) is 0 Å². The van der Waals surface area contributed by atoms with Crippen LogP contribution in [0.5, 0.6) is 0 Å². The van der Waals surface area contributed by atoms with Crippen LogP contribution < -0.4 is 11.1 Å². The first-order valence-electron chi connectivity index (χ1n) is 4.24. The predicted octanol–water partition coefficient (Wildman–Crippen LogP) is 0.725. The van der Waals surface area contributed by atoms with Crippen molar-refractivity contribution in [2.45, 2.75) is 26.2 Å². The van der Waals surface area contributed by atoms with Gasteiger partial charge in [-0.2, -0.15) is 0 Å². The van der Waals surface area contributed by atoms with E-state index in [0.29, 0.717) is 0 Å². The summed E-state index contributed by atoms with van der Waals surface area (Å²) in [5, 5.41) is 3.38. The van der Waals surface area contributed by atoms with Crippen molar-refractivity contribution in [3.8, 4) is 0 Å². The van der Waals surface area contributed by atoms with Gasteiger partial charge in [0.25, 0.3) is 0 Å². The maximum absolute atomic E-state index is 4.85. The minimum Gasteiger partial charge on any atom is -0.331 e. The molecule has 1 saturated heterocycles. The Bertz CT molecular complexity index is 89.4. The lowest BCUT2D eigenvalue weighted by Gasteiger charge is -1.96. The summed E-state index contributed by atoms with van der Waals surface area (Å²) in [6.45, 7) is 5.24. The topological polar surface area (TPSA) is 38.0 Å². The van der Waals surface area contributed by atoms with E-state index >= 15 is 0 Å². The van der Waals surface area contributed by atoms with Crippen molar-refractivity contribution in [3.05, 3.63) is 0 Å². The van der Waals surface area contributed by atoms with E-state index in [4.69, 9.17) is 5.73 Å². The molecule has 1 aliphatic carbocycles. The molecule has 0 radical (unpaired) electrons. The van der Waals surface area contributed by atoms with Gasteiger partial charge in [0.2, 0.25) is 0 Å². The van der Waals surface area contributed by atoms with Gasteiger partial charge in [0.1, 0.15) is 0 Å². The van der Waals surface area contributed by atoms with Crippen molar-refractivity contribution in [1.29, 1.82) is 0 Å². The quantitative estimate of drug-likeness (QED) is 0.523. The fourth-order valence-electron chi connectivity index (χ4n) is 1.40. The van der Waals surface area contributed by atoms with E-state index in [1.165, 1.54) is 32.4 Å². The molecule has 2 rings (SSSR count). The van der Waals surface area contributed by atoms with E-state index in [0.717, 1.165) is 12.0 Å². The Balaban J connectivity index is 0.000000148. The normalized spacial score (nSPS) is 25.8. The molecule has 0 aromatic carbocycles. The summed E-state index contributed by atoms with van der Waals surface area (Å²) < 4.78 is 0. The molecule has 0 atom stereocenters. The largest absolute Gasteiger partial charge is 0.331 e. The first-order chi connectivity index (χ1) is 4.83. The van der Waals surface area contributed by atoms with Crippen molar-refractivity contribution in [1.82, 2.24) is 5.32 Å². The van der Waals surface area contributed by atoms with Gasteiger partial charge in [-0.15, -0.1) is 0 Å². The number of nitrogens with two attached hydrogens (primary N) is 1. The van der Waals surface area contributed by atoms with Crippen LogP contribution in [0, 0.1) is 5.41 Å². The van der Waals surface area contributed by atoms with Crippen LogP contribution in [0.25, 0.3) is 0 Å². The Kier molecular flexibility index (Phi) is 2.69. The van der Waals surface area contributed by atoms with Crippen LogP contribution in [0.3, 0.4) is 0 Å². The first-order valence-corrected chi connectivity index (χ1v) is 4.24. The fraction of sp³-hybridized carbons (Fsp3) is 1.00. The molecule has 3 N–H and O–H groups in total. The second kappa shape index (κ2) is 3.35. The van der Waals surface area contributed by atoms with E-state index in [-0.39, 0.29) is 0 Å². The summed E-state index contributed by atoms with van der Waals surface area (Å²) in [5.41, 5.74) is 5.68. The first kappa shape index (κ1) is 8.02. The molecule has 60 valence electrons. The molecule has 0 aromatic rings. The highest BCUT2D eigenvalue weighted by Gasteiger charge is 2.44. The zero-order valence-corrected chi connectivity index (χ0v) is 6.82. The van der Waals surface area contributed by atoms with Crippen LogP contribution in [0.15, 0.2) is 0 Å². The molecular formula is C8H18N2. The van der Waals surface area contributed by atoms with Gasteiger partial charge in [-0.3, -0.25) is 0 Å². The van der Waals surface area contributed by atoms with Gasteiger partial charge in [0.15, 0.2) is 0 Å². The smallest absolute Gasteiger partial charge is 0.000829 e. The van der Waals surface area contributed by atoms with E-state index in [9.17, 15) is 0 Å². The highest BCUT2D eigenvalue weighted by atomic mass is 14.9. The molecule has 2 fully saturated rings. The maximum atomic E-state index is 4.85. The Morgan fingerprint density at radius 2 is 2.00 bits per heavy atom. The molecule has 1 saturated carbocycles. The third-order valence-corrected chi connectivity index (χ3v) is 2.29. The molecule has 2 aliphatic rings. The van der Waals surface area contributed by atoms with E-state index in [2.05, 4.69) is 5.32 Å². The minimum atomic E-state index is 0.750.